The van der Waals surface area contributed by atoms with Crippen molar-refractivity contribution in [1.29, 1.82) is 0 Å². The van der Waals surface area contributed by atoms with Crippen LogP contribution in [-0.2, 0) is 7.05 Å². The molecule has 0 spiro atoms. The predicted molar refractivity (Wildman–Crippen MR) is 114 cm³/mol. The summed E-state index contributed by atoms with van der Waals surface area (Å²) < 4.78 is 1.72. The van der Waals surface area contributed by atoms with Crippen molar-refractivity contribution in [2.24, 2.45) is 7.05 Å². The van der Waals surface area contributed by atoms with Crippen molar-refractivity contribution in [2.45, 2.75) is 18.4 Å². The predicted octanol–water partition coefficient (Wildman–Crippen LogP) is 4.33. The third-order valence-electron chi connectivity index (χ3n) is 5.09. The molecule has 1 aliphatic rings. The van der Waals surface area contributed by atoms with E-state index in [4.69, 9.17) is 23.2 Å². The fourth-order valence-electron chi connectivity index (χ4n) is 3.67. The van der Waals surface area contributed by atoms with Crippen LogP contribution in [0.5, 0.6) is 0 Å². The lowest BCUT2D eigenvalue weighted by molar-refractivity contribution is 0.0928. The van der Waals surface area contributed by atoms with Crippen LogP contribution in [0, 0.1) is 0 Å². The van der Waals surface area contributed by atoms with Gasteiger partial charge in [-0.15, -0.1) is 11.3 Å². The Morgan fingerprint density at radius 3 is 2.82 bits per heavy atom. The lowest BCUT2D eigenvalue weighted by Gasteiger charge is -2.33. The second-order valence-corrected chi connectivity index (χ2v) is 8.65. The highest BCUT2D eigenvalue weighted by Crippen LogP contribution is 2.31. The topological polar surface area (TPSA) is 59.0 Å². The number of benzene rings is 1. The molecule has 0 aliphatic carbocycles. The normalized spacial score (nSPS) is 19.5. The van der Waals surface area contributed by atoms with Gasteiger partial charge in [-0.2, -0.15) is 5.10 Å². The first-order valence-corrected chi connectivity index (χ1v) is 10.7. The summed E-state index contributed by atoms with van der Waals surface area (Å²) >= 11 is 13.7. The lowest BCUT2D eigenvalue weighted by Crippen LogP contribution is -2.49. The number of amides is 1. The quantitative estimate of drug-likeness (QED) is 0.642. The summed E-state index contributed by atoms with van der Waals surface area (Å²) in [5.74, 6) is 0.190. The number of nitrogens with zero attached hydrogens (tertiary/aromatic N) is 2. The maximum Gasteiger partial charge on any atom is 0.261 e. The Morgan fingerprint density at radius 1 is 1.32 bits per heavy atom. The van der Waals surface area contributed by atoms with Gasteiger partial charge in [-0.25, -0.2) is 0 Å². The average Bonchev–Trinajstić information content (AvgIpc) is 3.29. The van der Waals surface area contributed by atoms with E-state index in [9.17, 15) is 4.79 Å². The van der Waals surface area contributed by atoms with Gasteiger partial charge in [0.25, 0.3) is 5.91 Å². The first-order chi connectivity index (χ1) is 13.5. The molecule has 1 fully saturated rings. The van der Waals surface area contributed by atoms with E-state index in [0.29, 0.717) is 9.90 Å². The molecule has 0 unspecified atom stereocenters. The summed E-state index contributed by atoms with van der Waals surface area (Å²) in [6.07, 6.45) is 2.58. The first kappa shape index (κ1) is 19.5. The minimum absolute atomic E-state index is 0.0215. The molecule has 4 rings (SSSR count). The zero-order valence-electron chi connectivity index (χ0n) is 15.3. The summed E-state index contributed by atoms with van der Waals surface area (Å²) in [7, 11) is 1.84. The highest BCUT2D eigenvalue weighted by molar-refractivity contribution is 7.12. The summed E-state index contributed by atoms with van der Waals surface area (Å²) in [5, 5.41) is 14.0. The average molecular weight is 435 g/mol. The molecule has 0 bridgehead atoms. The monoisotopic (exact) mass is 434 g/mol. The summed E-state index contributed by atoms with van der Waals surface area (Å²) in [6.45, 7) is 1.67. The Labute approximate surface area is 177 Å². The molecule has 3 heterocycles. The van der Waals surface area contributed by atoms with E-state index in [0.717, 1.165) is 35.8 Å². The van der Waals surface area contributed by atoms with Gasteiger partial charge in [-0.05, 0) is 36.7 Å². The summed E-state index contributed by atoms with van der Waals surface area (Å²) in [4.78, 5) is 13.6. The highest BCUT2D eigenvalue weighted by atomic mass is 35.5. The maximum atomic E-state index is 12.9. The van der Waals surface area contributed by atoms with E-state index in [2.05, 4.69) is 15.7 Å². The zero-order chi connectivity index (χ0) is 19.7. The minimum atomic E-state index is -0.0674. The first-order valence-electron chi connectivity index (χ1n) is 9.06. The number of nitrogens with one attached hydrogen (secondary N) is 2. The highest BCUT2D eigenvalue weighted by Gasteiger charge is 2.28. The van der Waals surface area contributed by atoms with Crippen molar-refractivity contribution < 1.29 is 4.79 Å². The van der Waals surface area contributed by atoms with Crippen LogP contribution in [0.15, 0.2) is 41.9 Å². The molecule has 146 valence electrons. The van der Waals surface area contributed by atoms with Crippen LogP contribution in [0.4, 0.5) is 0 Å². The molecule has 2 atom stereocenters. The van der Waals surface area contributed by atoms with Gasteiger partial charge in [0.05, 0.1) is 21.8 Å². The smallest absolute Gasteiger partial charge is 0.261 e. The van der Waals surface area contributed by atoms with Crippen LogP contribution in [0.2, 0.25) is 10.0 Å². The maximum absolute atomic E-state index is 12.9. The molecule has 3 aromatic rings. The standard InChI is InChI=1S/C20H20Cl2N4OS/c1-26-19(16(22)9-24-26)13-8-18(28-11-13)20(27)25-17-10-23-7-6-15(17)12-2-4-14(21)5-3-12/h2-5,8-9,11,15,17,23H,6-7,10H2,1H3,(H,25,27)/t15-,17+/m0/s1. The van der Waals surface area contributed by atoms with Gasteiger partial charge in [-0.3, -0.25) is 9.48 Å². The molecule has 0 saturated carbocycles. The van der Waals surface area contributed by atoms with Crippen LogP contribution < -0.4 is 10.6 Å². The molecule has 1 saturated heterocycles. The van der Waals surface area contributed by atoms with Crippen LogP contribution in [0.1, 0.15) is 27.6 Å². The molecule has 28 heavy (non-hydrogen) atoms. The van der Waals surface area contributed by atoms with Crippen molar-refractivity contribution in [3.63, 3.8) is 0 Å². The van der Waals surface area contributed by atoms with Crippen molar-refractivity contribution in [3.05, 3.63) is 62.4 Å². The van der Waals surface area contributed by atoms with Crippen molar-refractivity contribution in [2.75, 3.05) is 13.1 Å². The van der Waals surface area contributed by atoms with Crippen LogP contribution in [0.3, 0.4) is 0 Å². The van der Waals surface area contributed by atoms with Gasteiger partial charge < -0.3 is 10.6 Å². The SMILES string of the molecule is Cn1ncc(Cl)c1-c1csc(C(=O)N[C@@H]2CNCC[C@H]2c2ccc(Cl)cc2)c1. The van der Waals surface area contributed by atoms with Crippen molar-refractivity contribution in [3.8, 4) is 11.3 Å². The van der Waals surface area contributed by atoms with Gasteiger partial charge in [-0.1, -0.05) is 35.3 Å². The Morgan fingerprint density at radius 2 is 2.11 bits per heavy atom. The summed E-state index contributed by atoms with van der Waals surface area (Å²) in [5.41, 5.74) is 2.91. The Balaban J connectivity index is 1.51. The number of piperidine rings is 1. The number of rotatable bonds is 4. The number of carbonyl (C=O) groups excluding carboxylic acids is 1. The van der Waals surface area contributed by atoms with E-state index >= 15 is 0 Å². The van der Waals surface area contributed by atoms with Gasteiger partial charge in [0.15, 0.2) is 0 Å². The molecule has 8 heteroatoms. The molecule has 5 nitrogen and oxygen atoms in total. The molecule has 2 aromatic heterocycles. The fraction of sp³-hybridized carbons (Fsp3) is 0.300. The number of aryl methyl sites for hydroxylation is 1. The van der Waals surface area contributed by atoms with E-state index in [1.807, 2.05) is 42.8 Å². The molecular weight excluding hydrogens is 415 g/mol. The van der Waals surface area contributed by atoms with Crippen molar-refractivity contribution >= 4 is 40.4 Å². The van der Waals surface area contributed by atoms with E-state index < -0.39 is 0 Å². The molecule has 1 amide bonds. The molecular formula is C20H20Cl2N4OS. The number of halogens is 2. The fourth-order valence-corrected chi connectivity index (χ4v) is 4.87. The van der Waals surface area contributed by atoms with Gasteiger partial charge in [0, 0.05) is 41.5 Å². The Hall–Kier alpha value is -1.86. The number of thiophene rings is 1. The largest absolute Gasteiger partial charge is 0.347 e. The number of hydrogen-bond donors (Lipinski definition) is 2. The van der Waals surface area contributed by atoms with E-state index in [1.54, 1.807) is 10.9 Å². The van der Waals surface area contributed by atoms with Crippen LogP contribution in [-0.4, -0.2) is 34.8 Å². The Bertz CT molecular complexity index is 963. The molecule has 1 aromatic carbocycles. The van der Waals surface area contributed by atoms with Crippen LogP contribution >= 0.6 is 34.5 Å². The van der Waals surface area contributed by atoms with Gasteiger partial charge in [0.1, 0.15) is 0 Å². The minimum Gasteiger partial charge on any atom is -0.347 e. The second kappa shape index (κ2) is 8.25. The van der Waals surface area contributed by atoms with Crippen LogP contribution in [0.25, 0.3) is 11.3 Å². The Kier molecular flexibility index (Phi) is 5.73. The van der Waals surface area contributed by atoms with Crippen molar-refractivity contribution in [1.82, 2.24) is 20.4 Å². The van der Waals surface area contributed by atoms with E-state index in [1.165, 1.54) is 16.9 Å². The number of carbonyl (C=O) groups is 1. The molecule has 1 aliphatic heterocycles. The van der Waals surface area contributed by atoms with E-state index in [-0.39, 0.29) is 17.9 Å². The van der Waals surface area contributed by atoms with Gasteiger partial charge >= 0.3 is 0 Å². The number of hydrogen-bond acceptors (Lipinski definition) is 4. The number of aromatic nitrogens is 2. The lowest BCUT2D eigenvalue weighted by atomic mass is 9.86. The van der Waals surface area contributed by atoms with Gasteiger partial charge in [0.2, 0.25) is 0 Å². The summed E-state index contributed by atoms with van der Waals surface area (Å²) in [6, 6.07) is 9.79. The third-order valence-corrected chi connectivity index (χ3v) is 6.55. The molecule has 0 radical (unpaired) electrons. The third kappa shape index (κ3) is 3.96. The second-order valence-electron chi connectivity index (χ2n) is 6.90. The zero-order valence-corrected chi connectivity index (χ0v) is 17.6. The molecule has 2 N–H and O–H groups in total.